The molecule has 0 aliphatic heterocycles. The first kappa shape index (κ1) is 27.0. The van der Waals surface area contributed by atoms with Crippen molar-refractivity contribution in [2.75, 3.05) is 19.8 Å². The molecule has 0 aliphatic carbocycles. The van der Waals surface area contributed by atoms with Gasteiger partial charge in [0.05, 0.1) is 0 Å². The summed E-state index contributed by atoms with van der Waals surface area (Å²) in [5.74, 6) is 1.51. The summed E-state index contributed by atoms with van der Waals surface area (Å²) in [6.07, 6.45) is 4.02. The molecule has 0 aliphatic rings. The van der Waals surface area contributed by atoms with E-state index in [-0.39, 0.29) is 11.2 Å². The summed E-state index contributed by atoms with van der Waals surface area (Å²) in [6.45, 7) is 20.2. The van der Waals surface area contributed by atoms with Crippen molar-refractivity contribution >= 4 is 14.0 Å². The summed E-state index contributed by atoms with van der Waals surface area (Å²) in [5, 5.41) is 0.875. The standard InChI is InChI=1S/C24H44O5Si/c1-10-15-23(6,7)28-20-17-21(29-24(8,9)16-11-2)19-22(18-20)30(25-12-3,26-13-4)27-14-5/h17-19H,10-16H2,1-9H3. The van der Waals surface area contributed by atoms with E-state index in [1.165, 1.54) is 0 Å². The second kappa shape index (κ2) is 12.1. The Kier molecular flexibility index (Phi) is 10.9. The molecule has 1 aromatic rings. The van der Waals surface area contributed by atoms with E-state index >= 15 is 0 Å². The van der Waals surface area contributed by atoms with E-state index in [9.17, 15) is 0 Å². The highest BCUT2D eigenvalue weighted by atomic mass is 28.4. The lowest BCUT2D eigenvalue weighted by Gasteiger charge is -2.32. The van der Waals surface area contributed by atoms with E-state index in [0.29, 0.717) is 19.8 Å². The van der Waals surface area contributed by atoms with Gasteiger partial charge in [-0.15, -0.1) is 0 Å². The minimum Gasteiger partial charge on any atom is -0.488 e. The minimum atomic E-state index is -3.08. The Morgan fingerprint density at radius 3 is 1.30 bits per heavy atom. The lowest BCUT2D eigenvalue weighted by Crippen LogP contribution is -2.57. The molecule has 0 radical (unpaired) electrons. The van der Waals surface area contributed by atoms with Crippen LogP contribution in [0.15, 0.2) is 18.2 Å². The smallest absolute Gasteiger partial charge is 0.488 e. The van der Waals surface area contributed by atoms with Gasteiger partial charge in [0.25, 0.3) is 0 Å². The van der Waals surface area contributed by atoms with Crippen LogP contribution in [0.1, 0.15) is 88.0 Å². The molecule has 0 fully saturated rings. The van der Waals surface area contributed by atoms with Crippen molar-refractivity contribution in [2.24, 2.45) is 0 Å². The molecule has 0 atom stereocenters. The van der Waals surface area contributed by atoms with Crippen LogP contribution in [0.5, 0.6) is 11.5 Å². The molecule has 1 aromatic carbocycles. The molecule has 0 unspecified atom stereocenters. The summed E-state index contributed by atoms with van der Waals surface area (Å²) in [6, 6.07) is 5.98. The van der Waals surface area contributed by atoms with Crippen LogP contribution in [0.25, 0.3) is 0 Å². The van der Waals surface area contributed by atoms with Crippen LogP contribution in [0.4, 0.5) is 0 Å². The number of hydrogen-bond acceptors (Lipinski definition) is 5. The largest absolute Gasteiger partial charge is 0.537 e. The quantitative estimate of drug-likeness (QED) is 0.320. The van der Waals surface area contributed by atoms with Crippen molar-refractivity contribution in [3.63, 3.8) is 0 Å². The maximum Gasteiger partial charge on any atom is 0.537 e. The summed E-state index contributed by atoms with van der Waals surface area (Å²) >= 11 is 0. The molecule has 30 heavy (non-hydrogen) atoms. The Balaban J connectivity index is 3.50. The van der Waals surface area contributed by atoms with Gasteiger partial charge in [-0.05, 0) is 73.4 Å². The topological polar surface area (TPSA) is 46.2 Å². The minimum absolute atomic E-state index is 0.281. The molecule has 0 N–H and O–H groups in total. The molecule has 0 spiro atoms. The van der Waals surface area contributed by atoms with E-state index in [4.69, 9.17) is 22.8 Å². The highest BCUT2D eigenvalue weighted by Crippen LogP contribution is 2.30. The maximum atomic E-state index is 6.40. The molecule has 5 nitrogen and oxygen atoms in total. The van der Waals surface area contributed by atoms with Gasteiger partial charge in [0.2, 0.25) is 0 Å². The number of benzene rings is 1. The van der Waals surface area contributed by atoms with Gasteiger partial charge in [-0.25, -0.2) is 0 Å². The molecule has 0 saturated heterocycles. The average molecular weight is 441 g/mol. The SMILES string of the molecule is CCCC(C)(C)Oc1cc(OC(C)(C)CCC)cc([Si](OCC)(OCC)OCC)c1. The van der Waals surface area contributed by atoms with Gasteiger partial charge in [-0.1, -0.05) is 26.7 Å². The molecule has 0 bridgehead atoms. The van der Waals surface area contributed by atoms with Gasteiger partial charge in [-0.2, -0.15) is 0 Å². The van der Waals surface area contributed by atoms with E-state index in [1.54, 1.807) is 0 Å². The molecule has 0 heterocycles. The first-order valence-electron chi connectivity index (χ1n) is 11.5. The first-order chi connectivity index (χ1) is 14.1. The zero-order valence-corrected chi connectivity index (χ0v) is 21.7. The van der Waals surface area contributed by atoms with E-state index in [1.807, 2.05) is 39.0 Å². The van der Waals surface area contributed by atoms with Crippen molar-refractivity contribution in [3.8, 4) is 11.5 Å². The molecule has 0 amide bonds. The van der Waals surface area contributed by atoms with Crippen molar-refractivity contribution in [1.29, 1.82) is 0 Å². The summed E-state index contributed by atoms with van der Waals surface area (Å²) < 4.78 is 31.2. The highest BCUT2D eigenvalue weighted by Gasteiger charge is 2.44. The second-order valence-electron chi connectivity index (χ2n) is 8.77. The molecular formula is C24H44O5Si. The number of hydrogen-bond donors (Lipinski definition) is 0. The van der Waals surface area contributed by atoms with Crippen LogP contribution in [0.3, 0.4) is 0 Å². The third-order valence-electron chi connectivity index (χ3n) is 4.73. The molecular weight excluding hydrogens is 396 g/mol. The highest BCUT2D eigenvalue weighted by molar-refractivity contribution is 6.75. The molecule has 0 saturated carbocycles. The monoisotopic (exact) mass is 440 g/mol. The third-order valence-corrected chi connectivity index (χ3v) is 7.73. The predicted octanol–water partition coefficient (Wildman–Crippen LogP) is 5.86. The van der Waals surface area contributed by atoms with E-state index in [0.717, 1.165) is 42.4 Å². The Labute approximate surface area is 185 Å². The van der Waals surface area contributed by atoms with Gasteiger partial charge in [0.1, 0.15) is 22.7 Å². The Morgan fingerprint density at radius 1 is 0.633 bits per heavy atom. The molecule has 6 heteroatoms. The van der Waals surface area contributed by atoms with Gasteiger partial charge in [-0.3, -0.25) is 0 Å². The summed E-state index contributed by atoms with van der Waals surface area (Å²) in [4.78, 5) is 0. The van der Waals surface area contributed by atoms with Crippen LogP contribution in [0, 0.1) is 0 Å². The van der Waals surface area contributed by atoms with Crippen LogP contribution in [-0.2, 0) is 13.3 Å². The van der Waals surface area contributed by atoms with Crippen molar-refractivity contribution < 1.29 is 22.8 Å². The van der Waals surface area contributed by atoms with Crippen molar-refractivity contribution in [3.05, 3.63) is 18.2 Å². The van der Waals surface area contributed by atoms with Gasteiger partial charge in [0.15, 0.2) is 0 Å². The summed E-state index contributed by atoms with van der Waals surface area (Å²) in [5.41, 5.74) is -0.562. The van der Waals surface area contributed by atoms with Crippen LogP contribution >= 0.6 is 0 Å². The zero-order valence-electron chi connectivity index (χ0n) is 20.7. The van der Waals surface area contributed by atoms with Gasteiger partial charge >= 0.3 is 8.80 Å². The molecule has 1 rings (SSSR count). The first-order valence-corrected chi connectivity index (χ1v) is 13.2. The molecule has 0 aromatic heterocycles. The fourth-order valence-electron chi connectivity index (χ4n) is 3.76. The predicted molar refractivity (Wildman–Crippen MR) is 126 cm³/mol. The summed E-state index contributed by atoms with van der Waals surface area (Å²) in [7, 11) is -3.08. The van der Waals surface area contributed by atoms with Crippen molar-refractivity contribution in [2.45, 2.75) is 99.2 Å². The van der Waals surface area contributed by atoms with E-state index < -0.39 is 8.80 Å². The lowest BCUT2D eigenvalue weighted by molar-refractivity contribution is 0.0819. The number of ether oxygens (including phenoxy) is 2. The average Bonchev–Trinajstić information content (AvgIpc) is 2.61. The second-order valence-corrected chi connectivity index (χ2v) is 11.3. The van der Waals surface area contributed by atoms with E-state index in [2.05, 4.69) is 41.5 Å². The normalized spacial score (nSPS) is 12.8. The third kappa shape index (κ3) is 8.21. The van der Waals surface area contributed by atoms with Gasteiger partial charge in [0, 0.05) is 31.1 Å². The maximum absolute atomic E-state index is 6.40. The van der Waals surface area contributed by atoms with Gasteiger partial charge < -0.3 is 22.8 Å². The Morgan fingerprint density at radius 2 is 1.00 bits per heavy atom. The van der Waals surface area contributed by atoms with Crippen LogP contribution < -0.4 is 14.7 Å². The lowest BCUT2D eigenvalue weighted by atomic mass is 10.0. The number of rotatable bonds is 15. The Hall–Kier alpha value is -1.08. The Bertz CT molecular complexity index is 575. The van der Waals surface area contributed by atoms with Crippen LogP contribution in [0.2, 0.25) is 0 Å². The fraction of sp³-hybridized carbons (Fsp3) is 0.750. The van der Waals surface area contributed by atoms with Crippen LogP contribution in [-0.4, -0.2) is 39.8 Å². The fourth-order valence-corrected chi connectivity index (χ4v) is 6.28. The molecule has 174 valence electrons. The van der Waals surface area contributed by atoms with Crippen molar-refractivity contribution in [1.82, 2.24) is 0 Å². The zero-order chi connectivity index (χ0) is 22.8.